The van der Waals surface area contributed by atoms with Gasteiger partial charge in [0.1, 0.15) is 11.5 Å². The molecule has 0 saturated heterocycles. The molecule has 0 saturated carbocycles. The van der Waals surface area contributed by atoms with Crippen LogP contribution in [0.1, 0.15) is 13.8 Å². The highest BCUT2D eigenvalue weighted by Gasteiger charge is 2.02. The van der Waals surface area contributed by atoms with Gasteiger partial charge in [-0.05, 0) is 38.2 Å². The molecule has 3 N–H and O–H groups in total. The van der Waals surface area contributed by atoms with Crippen molar-refractivity contribution in [3.8, 4) is 0 Å². The third-order valence-electron chi connectivity index (χ3n) is 1.94. The molecule has 0 aromatic carbocycles. The molecular weight excluding hydrogens is 226 g/mol. The zero-order valence-corrected chi connectivity index (χ0v) is 10.8. The van der Waals surface area contributed by atoms with Gasteiger partial charge in [0, 0.05) is 0 Å². The van der Waals surface area contributed by atoms with Crippen LogP contribution in [0.4, 0.5) is 0 Å². The Bertz CT molecular complexity index is 440. The summed E-state index contributed by atoms with van der Waals surface area (Å²) in [6.07, 6.45) is 9.49. The Hall–Kier alpha value is -2.36. The number of hydrogen-bond donors (Lipinski definition) is 3. The molecule has 18 heavy (non-hydrogen) atoms. The number of aliphatic hydroxyl groups is 1. The van der Waals surface area contributed by atoms with Gasteiger partial charge in [0.05, 0.1) is 11.4 Å². The standard InChI is InChI=1S/C14H19N3O/c1-5-9-12(11(15)7-3)16-17-13(10-6-2)14(18)8-4/h5-10,15,17-18H,2-3H2,1,4H3/b9-5-,13-10+,14-8+,15-11?,16-12-. The van der Waals surface area contributed by atoms with Crippen molar-refractivity contribution in [2.75, 3.05) is 0 Å². The van der Waals surface area contributed by atoms with Gasteiger partial charge in [0.15, 0.2) is 0 Å². The van der Waals surface area contributed by atoms with E-state index in [2.05, 4.69) is 23.7 Å². The number of hydrazone groups is 1. The van der Waals surface area contributed by atoms with Crippen LogP contribution < -0.4 is 5.43 Å². The van der Waals surface area contributed by atoms with E-state index < -0.39 is 0 Å². The molecule has 0 aliphatic heterocycles. The molecule has 4 heteroatoms. The number of aliphatic hydroxyl groups excluding tert-OH is 1. The van der Waals surface area contributed by atoms with Gasteiger partial charge in [-0.15, -0.1) is 0 Å². The number of allylic oxidation sites excluding steroid dienone is 6. The molecule has 0 rings (SSSR count). The Labute approximate surface area is 108 Å². The van der Waals surface area contributed by atoms with Crippen LogP contribution in [-0.4, -0.2) is 16.5 Å². The highest BCUT2D eigenvalue weighted by atomic mass is 16.3. The van der Waals surface area contributed by atoms with Gasteiger partial charge in [-0.25, -0.2) is 0 Å². The molecule has 0 fully saturated rings. The summed E-state index contributed by atoms with van der Waals surface area (Å²) >= 11 is 0. The van der Waals surface area contributed by atoms with Crippen LogP contribution in [0.5, 0.6) is 0 Å². The maximum Gasteiger partial charge on any atom is 0.136 e. The Morgan fingerprint density at radius 1 is 1.33 bits per heavy atom. The third-order valence-corrected chi connectivity index (χ3v) is 1.94. The van der Waals surface area contributed by atoms with E-state index in [1.807, 2.05) is 6.92 Å². The van der Waals surface area contributed by atoms with Gasteiger partial charge >= 0.3 is 0 Å². The SMILES string of the molecule is C=C/C=C(N/N=C(/C=C\C)C(=N)C=C)\C(O)=C/C. The van der Waals surface area contributed by atoms with E-state index in [1.54, 1.807) is 25.2 Å². The van der Waals surface area contributed by atoms with Gasteiger partial charge in [-0.3, -0.25) is 10.8 Å². The van der Waals surface area contributed by atoms with Crippen molar-refractivity contribution in [1.82, 2.24) is 5.43 Å². The Morgan fingerprint density at radius 3 is 2.44 bits per heavy atom. The smallest absolute Gasteiger partial charge is 0.136 e. The van der Waals surface area contributed by atoms with Crippen molar-refractivity contribution in [2.24, 2.45) is 5.10 Å². The fourth-order valence-corrected chi connectivity index (χ4v) is 1.02. The first-order chi connectivity index (χ1) is 8.60. The molecule has 0 aromatic rings. The van der Waals surface area contributed by atoms with Gasteiger partial charge in [-0.2, -0.15) is 5.10 Å². The van der Waals surface area contributed by atoms with Crippen molar-refractivity contribution in [2.45, 2.75) is 13.8 Å². The van der Waals surface area contributed by atoms with E-state index in [-0.39, 0.29) is 11.5 Å². The average molecular weight is 245 g/mol. The van der Waals surface area contributed by atoms with Gasteiger partial charge in [-0.1, -0.05) is 25.3 Å². The first-order valence-corrected chi connectivity index (χ1v) is 5.46. The highest BCUT2D eigenvalue weighted by molar-refractivity contribution is 6.49. The number of nitrogens with zero attached hydrogens (tertiary/aromatic N) is 1. The molecule has 0 amide bonds. The van der Waals surface area contributed by atoms with Crippen molar-refractivity contribution < 1.29 is 5.11 Å². The molecule has 0 aliphatic rings. The average Bonchev–Trinajstić information content (AvgIpc) is 2.40. The molecule has 96 valence electrons. The third kappa shape index (κ3) is 5.12. The van der Waals surface area contributed by atoms with E-state index in [0.29, 0.717) is 11.4 Å². The quantitative estimate of drug-likeness (QED) is 0.279. The predicted molar refractivity (Wildman–Crippen MR) is 78.0 cm³/mol. The number of nitrogens with one attached hydrogen (secondary N) is 2. The van der Waals surface area contributed by atoms with Crippen LogP contribution in [0.25, 0.3) is 0 Å². The summed E-state index contributed by atoms with van der Waals surface area (Å²) in [6.45, 7) is 10.6. The Kier molecular flexibility index (Phi) is 7.61. The Balaban J connectivity index is 5.15. The molecule has 0 unspecified atom stereocenters. The van der Waals surface area contributed by atoms with Crippen LogP contribution in [0, 0.1) is 5.41 Å². The van der Waals surface area contributed by atoms with E-state index in [1.165, 1.54) is 18.2 Å². The molecule has 0 bridgehead atoms. The summed E-state index contributed by atoms with van der Waals surface area (Å²) in [5, 5.41) is 21.3. The Morgan fingerprint density at radius 2 is 2.00 bits per heavy atom. The highest BCUT2D eigenvalue weighted by Crippen LogP contribution is 2.03. The fraction of sp³-hybridized carbons (Fsp3) is 0.143. The molecule has 4 nitrogen and oxygen atoms in total. The summed E-state index contributed by atoms with van der Waals surface area (Å²) in [5.41, 5.74) is 3.72. The maximum atomic E-state index is 9.61. The van der Waals surface area contributed by atoms with E-state index in [4.69, 9.17) is 5.41 Å². The summed E-state index contributed by atoms with van der Waals surface area (Å²) in [5.74, 6) is 0.0589. The summed E-state index contributed by atoms with van der Waals surface area (Å²) in [7, 11) is 0. The number of hydrogen-bond acceptors (Lipinski definition) is 4. The molecule has 0 aliphatic carbocycles. The molecule has 0 aromatic heterocycles. The summed E-state index contributed by atoms with van der Waals surface area (Å²) in [4.78, 5) is 0. The van der Waals surface area contributed by atoms with Crippen LogP contribution in [-0.2, 0) is 0 Å². The van der Waals surface area contributed by atoms with E-state index >= 15 is 0 Å². The van der Waals surface area contributed by atoms with Crippen LogP contribution in [0.2, 0.25) is 0 Å². The lowest BCUT2D eigenvalue weighted by molar-refractivity contribution is 0.413. The topological polar surface area (TPSA) is 68.5 Å². The fourth-order valence-electron chi connectivity index (χ4n) is 1.02. The largest absolute Gasteiger partial charge is 0.506 e. The molecule has 0 radical (unpaired) electrons. The minimum Gasteiger partial charge on any atom is -0.506 e. The van der Waals surface area contributed by atoms with Gasteiger partial charge < -0.3 is 5.11 Å². The summed E-state index contributed by atoms with van der Waals surface area (Å²) < 4.78 is 0. The van der Waals surface area contributed by atoms with E-state index in [9.17, 15) is 5.11 Å². The van der Waals surface area contributed by atoms with Gasteiger partial charge in [0.2, 0.25) is 0 Å². The predicted octanol–water partition coefficient (Wildman–Crippen LogP) is 3.25. The minimum atomic E-state index is 0.0589. The second kappa shape index (κ2) is 8.75. The monoisotopic (exact) mass is 245 g/mol. The van der Waals surface area contributed by atoms with Crippen molar-refractivity contribution in [1.29, 1.82) is 5.41 Å². The van der Waals surface area contributed by atoms with Crippen molar-refractivity contribution >= 4 is 11.4 Å². The van der Waals surface area contributed by atoms with E-state index in [0.717, 1.165) is 0 Å². The molecule has 0 spiro atoms. The van der Waals surface area contributed by atoms with Crippen LogP contribution in [0.3, 0.4) is 0 Å². The van der Waals surface area contributed by atoms with Crippen LogP contribution in [0.15, 0.2) is 66.2 Å². The van der Waals surface area contributed by atoms with Crippen LogP contribution >= 0.6 is 0 Å². The normalized spacial score (nSPS) is 13.6. The first-order valence-electron chi connectivity index (χ1n) is 5.46. The maximum absolute atomic E-state index is 9.61. The van der Waals surface area contributed by atoms with Crippen molar-refractivity contribution in [3.05, 3.63) is 61.1 Å². The zero-order valence-electron chi connectivity index (χ0n) is 10.8. The lowest BCUT2D eigenvalue weighted by Gasteiger charge is -2.06. The van der Waals surface area contributed by atoms with Crippen molar-refractivity contribution in [3.63, 3.8) is 0 Å². The lowest BCUT2D eigenvalue weighted by atomic mass is 10.2. The summed E-state index contributed by atoms with van der Waals surface area (Å²) in [6, 6.07) is 0. The second-order valence-corrected chi connectivity index (χ2v) is 3.22. The molecule has 0 heterocycles. The zero-order chi connectivity index (χ0) is 14.0. The van der Waals surface area contributed by atoms with Gasteiger partial charge in [0.25, 0.3) is 0 Å². The second-order valence-electron chi connectivity index (χ2n) is 3.22. The lowest BCUT2D eigenvalue weighted by Crippen LogP contribution is -2.15. The first kappa shape index (κ1) is 15.6. The molecular formula is C14H19N3O. The minimum absolute atomic E-state index is 0.0589. The molecule has 0 atom stereocenters. The number of rotatable bonds is 7.